The van der Waals surface area contributed by atoms with E-state index in [4.69, 9.17) is 0 Å². The number of aryl methyl sites for hydroxylation is 1. The van der Waals surface area contributed by atoms with Crippen LogP contribution in [0.3, 0.4) is 0 Å². The van der Waals surface area contributed by atoms with Crippen LogP contribution in [0.15, 0.2) is 58.3 Å². The van der Waals surface area contributed by atoms with Crippen LogP contribution in [0, 0.1) is 6.92 Å². The topological polar surface area (TPSA) is 104 Å². The van der Waals surface area contributed by atoms with Gasteiger partial charge in [0.25, 0.3) is 0 Å². The van der Waals surface area contributed by atoms with E-state index in [9.17, 15) is 21.6 Å². The summed E-state index contributed by atoms with van der Waals surface area (Å²) in [6, 6.07) is 12.9. The van der Waals surface area contributed by atoms with Gasteiger partial charge in [-0.1, -0.05) is 36.8 Å². The average Bonchev–Trinajstić information content (AvgIpc) is 3.32. The van der Waals surface area contributed by atoms with Gasteiger partial charge < -0.3 is 5.32 Å². The van der Waals surface area contributed by atoms with E-state index in [1.165, 1.54) is 28.6 Å². The van der Waals surface area contributed by atoms with Crippen molar-refractivity contribution < 1.29 is 21.6 Å². The van der Waals surface area contributed by atoms with E-state index >= 15 is 0 Å². The number of rotatable bonds is 9. The molecule has 1 aliphatic rings. The first kappa shape index (κ1) is 24.4. The number of sulfonamides is 2. The zero-order valence-electron chi connectivity index (χ0n) is 18.3. The Morgan fingerprint density at radius 1 is 0.938 bits per heavy atom. The fraction of sp³-hybridized carbons (Fsp3) is 0.409. The zero-order valence-corrected chi connectivity index (χ0v) is 20.0. The number of hydrogen-bond acceptors (Lipinski definition) is 5. The normalized spacial score (nSPS) is 15.2. The minimum Gasteiger partial charge on any atom is -0.351 e. The minimum atomic E-state index is -3.77. The maximum Gasteiger partial charge on any atom is 0.243 e. The van der Waals surface area contributed by atoms with Crippen LogP contribution < -0.4 is 5.32 Å². The van der Waals surface area contributed by atoms with Crippen molar-refractivity contribution in [2.45, 2.75) is 43.0 Å². The van der Waals surface area contributed by atoms with Crippen LogP contribution in [0.2, 0.25) is 0 Å². The first-order valence-corrected chi connectivity index (χ1v) is 13.4. The zero-order chi connectivity index (χ0) is 23.4. The lowest BCUT2D eigenvalue weighted by molar-refractivity contribution is -0.121. The Hall–Kier alpha value is -2.27. The van der Waals surface area contributed by atoms with Gasteiger partial charge in [-0.25, -0.2) is 16.8 Å². The molecule has 0 saturated carbocycles. The summed E-state index contributed by atoms with van der Waals surface area (Å²) in [6.07, 6.45) is 1.75. The molecule has 0 radical (unpaired) electrons. The summed E-state index contributed by atoms with van der Waals surface area (Å²) in [5, 5.41) is 2.70. The number of carbonyl (C=O) groups is 1. The molecule has 2 aromatic carbocycles. The van der Waals surface area contributed by atoms with Crippen molar-refractivity contribution in [3.63, 3.8) is 0 Å². The van der Waals surface area contributed by atoms with Crippen LogP contribution in [-0.4, -0.2) is 57.5 Å². The van der Waals surface area contributed by atoms with Crippen LogP contribution >= 0.6 is 0 Å². The van der Waals surface area contributed by atoms with Gasteiger partial charge in [0.15, 0.2) is 0 Å². The number of nitrogens with zero attached hydrogens (tertiary/aromatic N) is 2. The lowest BCUT2D eigenvalue weighted by atomic mass is 10.2. The van der Waals surface area contributed by atoms with Crippen molar-refractivity contribution in [1.82, 2.24) is 13.9 Å². The molecule has 0 aromatic heterocycles. The van der Waals surface area contributed by atoms with Gasteiger partial charge in [-0.2, -0.15) is 8.61 Å². The summed E-state index contributed by atoms with van der Waals surface area (Å²) >= 11 is 0. The summed E-state index contributed by atoms with van der Waals surface area (Å²) in [7, 11) is -7.25. The van der Waals surface area contributed by atoms with Gasteiger partial charge in [0.1, 0.15) is 0 Å². The number of benzene rings is 2. The fourth-order valence-electron chi connectivity index (χ4n) is 3.50. The van der Waals surface area contributed by atoms with Gasteiger partial charge in [-0.3, -0.25) is 4.79 Å². The van der Waals surface area contributed by atoms with Crippen molar-refractivity contribution in [2.75, 3.05) is 26.2 Å². The van der Waals surface area contributed by atoms with Crippen molar-refractivity contribution in [3.8, 4) is 0 Å². The molecule has 32 heavy (non-hydrogen) atoms. The molecule has 1 amide bonds. The molecule has 0 atom stereocenters. The molecule has 2 aromatic rings. The molecule has 1 saturated heterocycles. The Morgan fingerprint density at radius 2 is 1.50 bits per heavy atom. The van der Waals surface area contributed by atoms with Crippen molar-refractivity contribution >= 4 is 26.0 Å². The summed E-state index contributed by atoms with van der Waals surface area (Å²) < 4.78 is 53.4. The molecule has 1 heterocycles. The van der Waals surface area contributed by atoms with Crippen molar-refractivity contribution in [2.24, 2.45) is 0 Å². The van der Waals surface area contributed by atoms with Crippen molar-refractivity contribution in [3.05, 3.63) is 59.7 Å². The quantitative estimate of drug-likeness (QED) is 0.593. The molecular formula is C22H29N3O5S2. The largest absolute Gasteiger partial charge is 0.351 e. The third-order valence-corrected chi connectivity index (χ3v) is 9.30. The third kappa shape index (κ3) is 5.55. The number of hydrogen-bond donors (Lipinski definition) is 1. The van der Waals surface area contributed by atoms with E-state index < -0.39 is 26.0 Å². The molecule has 8 nitrogen and oxygen atoms in total. The Kier molecular flexibility index (Phi) is 7.71. The highest BCUT2D eigenvalue weighted by Gasteiger charge is 2.27. The van der Waals surface area contributed by atoms with Gasteiger partial charge in [0, 0.05) is 26.2 Å². The molecule has 1 N–H and O–H groups in total. The molecule has 1 aliphatic heterocycles. The van der Waals surface area contributed by atoms with Gasteiger partial charge in [0.2, 0.25) is 26.0 Å². The molecule has 10 heteroatoms. The summed E-state index contributed by atoms with van der Waals surface area (Å²) in [5.41, 5.74) is 1.67. The monoisotopic (exact) mass is 479 g/mol. The van der Waals surface area contributed by atoms with E-state index in [1.54, 1.807) is 31.2 Å². The van der Waals surface area contributed by atoms with Crippen LogP contribution in [0.5, 0.6) is 0 Å². The van der Waals surface area contributed by atoms with Gasteiger partial charge in [0.05, 0.1) is 16.3 Å². The molecule has 0 unspecified atom stereocenters. The fourth-order valence-corrected chi connectivity index (χ4v) is 6.42. The highest BCUT2D eigenvalue weighted by Crippen LogP contribution is 2.21. The minimum absolute atomic E-state index is 0.146. The van der Waals surface area contributed by atoms with E-state index in [0.29, 0.717) is 13.1 Å². The molecule has 174 valence electrons. The predicted molar refractivity (Wildman–Crippen MR) is 122 cm³/mol. The van der Waals surface area contributed by atoms with Gasteiger partial charge in [-0.15, -0.1) is 0 Å². The lowest BCUT2D eigenvalue weighted by Crippen LogP contribution is -2.40. The van der Waals surface area contributed by atoms with E-state index in [1.807, 2.05) is 6.92 Å². The molecule has 0 bridgehead atoms. The number of likely N-dealkylation sites (N-methyl/N-ethyl adjacent to an activating group) is 1. The Labute approximate surface area is 190 Å². The van der Waals surface area contributed by atoms with Gasteiger partial charge >= 0.3 is 0 Å². The number of nitrogens with one attached hydrogen (secondary N) is 1. The van der Waals surface area contributed by atoms with Crippen LogP contribution in [-0.2, 0) is 31.4 Å². The van der Waals surface area contributed by atoms with Crippen LogP contribution in [0.4, 0.5) is 0 Å². The van der Waals surface area contributed by atoms with E-state index in [0.717, 1.165) is 28.3 Å². The van der Waals surface area contributed by atoms with E-state index in [2.05, 4.69) is 5.32 Å². The molecular weight excluding hydrogens is 450 g/mol. The van der Waals surface area contributed by atoms with Crippen LogP contribution in [0.1, 0.15) is 30.9 Å². The second-order valence-corrected chi connectivity index (χ2v) is 11.7. The second-order valence-electron chi connectivity index (χ2n) is 7.78. The molecule has 0 spiro atoms. The van der Waals surface area contributed by atoms with Gasteiger partial charge in [-0.05, 0) is 49.6 Å². The smallest absolute Gasteiger partial charge is 0.243 e. The standard InChI is InChI=1S/C22H29N3O5S2/c1-3-24(31(27,28)20-10-6-18(2)7-11-20)17-22(26)23-16-19-8-12-21(13-9-19)32(29,30)25-14-4-5-15-25/h6-13H,3-5,14-17H2,1-2H3,(H,23,26). The first-order valence-electron chi connectivity index (χ1n) is 10.6. The second kappa shape index (κ2) is 10.1. The SMILES string of the molecule is CCN(CC(=O)NCc1ccc(S(=O)(=O)N2CCCC2)cc1)S(=O)(=O)c1ccc(C)cc1. The summed E-state index contributed by atoms with van der Waals surface area (Å²) in [6.45, 7) is 4.67. The highest BCUT2D eigenvalue weighted by molar-refractivity contribution is 7.89. The highest BCUT2D eigenvalue weighted by atomic mass is 32.2. The Bertz CT molecular complexity index is 1140. The van der Waals surface area contributed by atoms with Crippen LogP contribution in [0.25, 0.3) is 0 Å². The Morgan fingerprint density at radius 3 is 2.06 bits per heavy atom. The first-order chi connectivity index (χ1) is 15.1. The summed E-state index contributed by atoms with van der Waals surface area (Å²) in [4.78, 5) is 12.8. The van der Waals surface area contributed by atoms with E-state index in [-0.39, 0.29) is 29.4 Å². The molecule has 1 fully saturated rings. The maximum atomic E-state index is 12.8. The Balaban J connectivity index is 1.59. The average molecular weight is 480 g/mol. The summed E-state index contributed by atoms with van der Waals surface area (Å²) in [5.74, 6) is -0.434. The molecule has 0 aliphatic carbocycles. The van der Waals surface area contributed by atoms with Crippen molar-refractivity contribution in [1.29, 1.82) is 0 Å². The third-order valence-electron chi connectivity index (χ3n) is 5.45. The number of amides is 1. The molecule has 3 rings (SSSR count). The maximum absolute atomic E-state index is 12.8. The lowest BCUT2D eigenvalue weighted by Gasteiger charge is -2.20. The predicted octanol–water partition coefficient (Wildman–Crippen LogP) is 2.11. The number of carbonyl (C=O) groups excluding carboxylic acids is 1.